The zero-order valence-electron chi connectivity index (χ0n) is 12.6. The fourth-order valence-corrected chi connectivity index (χ4v) is 2.45. The highest BCUT2D eigenvalue weighted by molar-refractivity contribution is 7.98. The summed E-state index contributed by atoms with van der Waals surface area (Å²) >= 11 is 1.61. The largest absolute Gasteiger partial charge is 0.343 e. The Morgan fingerprint density at radius 3 is 2.59 bits per heavy atom. The van der Waals surface area contributed by atoms with Gasteiger partial charge < -0.3 is 10.6 Å². The van der Waals surface area contributed by atoms with E-state index in [4.69, 9.17) is 0 Å². The summed E-state index contributed by atoms with van der Waals surface area (Å²) in [4.78, 5) is 25.0. The molecule has 2 N–H and O–H groups in total. The molecule has 0 spiro atoms. The van der Waals surface area contributed by atoms with E-state index >= 15 is 0 Å². The van der Waals surface area contributed by atoms with Gasteiger partial charge in [0.1, 0.15) is 0 Å². The van der Waals surface area contributed by atoms with Crippen molar-refractivity contribution in [2.45, 2.75) is 11.8 Å². The molecule has 0 bridgehead atoms. The van der Waals surface area contributed by atoms with Gasteiger partial charge in [-0.3, -0.25) is 9.59 Å². The van der Waals surface area contributed by atoms with Gasteiger partial charge in [-0.1, -0.05) is 24.3 Å². The summed E-state index contributed by atoms with van der Waals surface area (Å²) in [6, 6.07) is 14.8. The van der Waals surface area contributed by atoms with Crippen LogP contribution in [-0.4, -0.2) is 24.6 Å². The Morgan fingerprint density at radius 2 is 1.86 bits per heavy atom. The minimum atomic E-state index is -0.250. The van der Waals surface area contributed by atoms with Crippen LogP contribution in [0.5, 0.6) is 0 Å². The van der Waals surface area contributed by atoms with E-state index in [0.717, 1.165) is 16.1 Å². The van der Waals surface area contributed by atoms with E-state index in [2.05, 4.69) is 10.6 Å². The standard InChI is InChI=1S/C17H18N2O2S/c1-12-6-3-4-9-15(12)17(21)18-11-16(20)19-13-7-5-8-14(10-13)22-2/h3-10H,11H2,1-2H3,(H,18,21)(H,19,20). The minimum absolute atomic E-state index is 0.0589. The lowest BCUT2D eigenvalue weighted by atomic mass is 10.1. The molecule has 114 valence electrons. The van der Waals surface area contributed by atoms with E-state index in [-0.39, 0.29) is 18.4 Å². The van der Waals surface area contributed by atoms with Crippen molar-refractivity contribution >= 4 is 29.3 Å². The first kappa shape index (κ1) is 16.1. The predicted molar refractivity (Wildman–Crippen MR) is 90.4 cm³/mol. The van der Waals surface area contributed by atoms with Gasteiger partial charge in [0.15, 0.2) is 0 Å². The monoisotopic (exact) mass is 314 g/mol. The highest BCUT2D eigenvalue weighted by Crippen LogP contribution is 2.18. The maximum Gasteiger partial charge on any atom is 0.251 e. The van der Waals surface area contributed by atoms with Crippen molar-refractivity contribution in [3.63, 3.8) is 0 Å². The second kappa shape index (κ2) is 7.66. The van der Waals surface area contributed by atoms with Crippen molar-refractivity contribution in [3.8, 4) is 0 Å². The van der Waals surface area contributed by atoms with Gasteiger partial charge in [-0.2, -0.15) is 0 Å². The normalized spacial score (nSPS) is 10.1. The van der Waals surface area contributed by atoms with Gasteiger partial charge in [-0.25, -0.2) is 0 Å². The molecule has 0 saturated heterocycles. The van der Waals surface area contributed by atoms with Gasteiger partial charge in [0.2, 0.25) is 5.91 Å². The highest BCUT2D eigenvalue weighted by atomic mass is 32.2. The molecule has 4 nitrogen and oxygen atoms in total. The van der Waals surface area contributed by atoms with Crippen molar-refractivity contribution in [2.75, 3.05) is 18.1 Å². The van der Waals surface area contributed by atoms with Gasteiger partial charge in [0.25, 0.3) is 5.91 Å². The molecule has 22 heavy (non-hydrogen) atoms. The Bertz CT molecular complexity index is 686. The number of nitrogens with one attached hydrogen (secondary N) is 2. The van der Waals surface area contributed by atoms with E-state index < -0.39 is 0 Å². The Kier molecular flexibility index (Phi) is 5.61. The number of amides is 2. The number of carbonyl (C=O) groups is 2. The van der Waals surface area contributed by atoms with E-state index in [1.165, 1.54) is 0 Å². The van der Waals surface area contributed by atoms with Crippen LogP contribution < -0.4 is 10.6 Å². The molecule has 0 fully saturated rings. The van der Waals surface area contributed by atoms with Crippen molar-refractivity contribution in [1.29, 1.82) is 0 Å². The lowest BCUT2D eigenvalue weighted by Crippen LogP contribution is -2.33. The van der Waals surface area contributed by atoms with Gasteiger partial charge in [0, 0.05) is 16.1 Å². The average Bonchev–Trinajstić information content (AvgIpc) is 2.53. The zero-order valence-corrected chi connectivity index (χ0v) is 13.4. The second-order valence-electron chi connectivity index (χ2n) is 4.78. The highest BCUT2D eigenvalue weighted by Gasteiger charge is 2.10. The van der Waals surface area contributed by atoms with Crippen molar-refractivity contribution < 1.29 is 9.59 Å². The molecule has 2 aromatic rings. The van der Waals surface area contributed by atoms with E-state index in [1.807, 2.05) is 49.6 Å². The minimum Gasteiger partial charge on any atom is -0.343 e. The van der Waals surface area contributed by atoms with E-state index in [1.54, 1.807) is 23.9 Å². The summed E-state index contributed by atoms with van der Waals surface area (Å²) in [5.74, 6) is -0.494. The number of hydrogen-bond donors (Lipinski definition) is 2. The fourth-order valence-electron chi connectivity index (χ4n) is 1.99. The zero-order chi connectivity index (χ0) is 15.9. The van der Waals surface area contributed by atoms with Crippen molar-refractivity contribution in [2.24, 2.45) is 0 Å². The van der Waals surface area contributed by atoms with Crippen LogP contribution in [0.4, 0.5) is 5.69 Å². The van der Waals surface area contributed by atoms with Gasteiger partial charge >= 0.3 is 0 Å². The van der Waals surface area contributed by atoms with Crippen LogP contribution in [0.1, 0.15) is 15.9 Å². The van der Waals surface area contributed by atoms with E-state index in [0.29, 0.717) is 5.56 Å². The van der Waals surface area contributed by atoms with Crippen LogP contribution >= 0.6 is 11.8 Å². The summed E-state index contributed by atoms with van der Waals surface area (Å²) in [5, 5.41) is 5.40. The molecule has 0 saturated carbocycles. The third-order valence-electron chi connectivity index (χ3n) is 3.15. The van der Waals surface area contributed by atoms with Crippen LogP contribution in [0.3, 0.4) is 0 Å². The molecule has 0 heterocycles. The van der Waals surface area contributed by atoms with Crippen molar-refractivity contribution in [3.05, 3.63) is 59.7 Å². The number of rotatable bonds is 5. The second-order valence-corrected chi connectivity index (χ2v) is 5.66. The molecule has 0 atom stereocenters. The van der Waals surface area contributed by atoms with Crippen LogP contribution in [0.2, 0.25) is 0 Å². The maximum absolute atomic E-state index is 12.0. The molecule has 2 aromatic carbocycles. The lowest BCUT2D eigenvalue weighted by Gasteiger charge is -2.09. The quantitative estimate of drug-likeness (QED) is 0.834. The molecule has 5 heteroatoms. The fraction of sp³-hybridized carbons (Fsp3) is 0.176. The summed E-state index contributed by atoms with van der Waals surface area (Å²) in [5.41, 5.74) is 2.19. The third-order valence-corrected chi connectivity index (χ3v) is 3.88. The van der Waals surface area contributed by atoms with Crippen LogP contribution in [0.25, 0.3) is 0 Å². The number of hydrogen-bond acceptors (Lipinski definition) is 3. The van der Waals surface area contributed by atoms with E-state index in [9.17, 15) is 9.59 Å². The van der Waals surface area contributed by atoms with Crippen molar-refractivity contribution in [1.82, 2.24) is 5.32 Å². The molecule has 0 aromatic heterocycles. The molecule has 2 amide bonds. The first-order chi connectivity index (χ1) is 10.6. The number of anilines is 1. The van der Waals surface area contributed by atoms with Crippen LogP contribution in [0.15, 0.2) is 53.4 Å². The maximum atomic E-state index is 12.0. The summed E-state index contributed by atoms with van der Waals surface area (Å²) in [7, 11) is 0. The Morgan fingerprint density at radius 1 is 1.09 bits per heavy atom. The number of thioether (sulfide) groups is 1. The SMILES string of the molecule is CSc1cccc(NC(=O)CNC(=O)c2ccccc2C)c1. The number of carbonyl (C=O) groups excluding carboxylic acids is 2. The number of benzene rings is 2. The molecular weight excluding hydrogens is 296 g/mol. The summed E-state index contributed by atoms with van der Waals surface area (Å²) in [6.07, 6.45) is 1.98. The van der Waals surface area contributed by atoms with Crippen LogP contribution in [-0.2, 0) is 4.79 Å². The van der Waals surface area contributed by atoms with Gasteiger partial charge in [-0.15, -0.1) is 11.8 Å². The van der Waals surface area contributed by atoms with Gasteiger partial charge in [-0.05, 0) is 43.0 Å². The summed E-state index contributed by atoms with van der Waals surface area (Å²) < 4.78 is 0. The molecule has 0 aliphatic carbocycles. The van der Waals surface area contributed by atoms with Gasteiger partial charge in [0.05, 0.1) is 6.54 Å². The molecule has 0 radical (unpaired) electrons. The third kappa shape index (κ3) is 4.36. The van der Waals surface area contributed by atoms with Crippen LogP contribution in [0, 0.1) is 6.92 Å². The Balaban J connectivity index is 1.90. The molecule has 0 unspecified atom stereocenters. The number of aryl methyl sites for hydroxylation is 1. The topological polar surface area (TPSA) is 58.2 Å². The average molecular weight is 314 g/mol. The smallest absolute Gasteiger partial charge is 0.251 e. The Hall–Kier alpha value is -2.27. The lowest BCUT2D eigenvalue weighted by molar-refractivity contribution is -0.115. The summed E-state index contributed by atoms with van der Waals surface area (Å²) in [6.45, 7) is 1.81. The molecule has 2 rings (SSSR count). The molecule has 0 aliphatic heterocycles. The molecular formula is C17H18N2O2S. The molecule has 0 aliphatic rings. The Labute approximate surface area is 134 Å². The first-order valence-corrected chi connectivity index (χ1v) is 8.10. The first-order valence-electron chi connectivity index (χ1n) is 6.88. The predicted octanol–water partition coefficient (Wildman–Crippen LogP) is 3.09.